The molecule has 0 aliphatic carbocycles. The molecule has 3 aromatic rings. The Morgan fingerprint density at radius 2 is 2.00 bits per heavy atom. The lowest BCUT2D eigenvalue weighted by Gasteiger charge is -2.13. The molecular weight excluding hydrogens is 348 g/mol. The molecule has 0 saturated carbocycles. The molecule has 26 heavy (non-hydrogen) atoms. The molecule has 0 spiro atoms. The smallest absolute Gasteiger partial charge is 0.252 e. The van der Waals surface area contributed by atoms with E-state index in [0.29, 0.717) is 22.8 Å². The number of halogens is 1. The molecule has 4 rings (SSSR count). The zero-order valence-corrected chi connectivity index (χ0v) is 15.0. The van der Waals surface area contributed by atoms with Crippen molar-refractivity contribution in [2.24, 2.45) is 0 Å². The van der Waals surface area contributed by atoms with Crippen LogP contribution < -0.4 is 5.32 Å². The number of hydrogen-bond acceptors (Lipinski definition) is 3. The van der Waals surface area contributed by atoms with E-state index >= 15 is 0 Å². The van der Waals surface area contributed by atoms with Crippen LogP contribution in [0.5, 0.6) is 0 Å². The predicted molar refractivity (Wildman–Crippen MR) is 103 cm³/mol. The fourth-order valence-corrected chi connectivity index (χ4v) is 3.51. The third-order valence-corrected chi connectivity index (χ3v) is 4.95. The Kier molecular flexibility index (Phi) is 4.87. The third-order valence-electron chi connectivity index (χ3n) is 4.62. The highest BCUT2D eigenvalue weighted by atomic mass is 35.5. The number of carbonyl (C=O) groups is 1. The van der Waals surface area contributed by atoms with Gasteiger partial charge < -0.3 is 10.1 Å². The number of fused-ring (bicyclic) bond motifs is 1. The maximum Gasteiger partial charge on any atom is 0.252 e. The topological polar surface area (TPSA) is 51.2 Å². The lowest BCUT2D eigenvalue weighted by atomic mass is 10.0. The second-order valence-electron chi connectivity index (χ2n) is 6.40. The van der Waals surface area contributed by atoms with E-state index in [-0.39, 0.29) is 12.0 Å². The number of rotatable bonds is 4. The summed E-state index contributed by atoms with van der Waals surface area (Å²) in [6.45, 7) is 1.30. The number of nitrogens with one attached hydrogen (secondary N) is 1. The van der Waals surface area contributed by atoms with Crippen molar-refractivity contribution in [1.29, 1.82) is 0 Å². The van der Waals surface area contributed by atoms with Gasteiger partial charge in [0.15, 0.2) is 0 Å². The van der Waals surface area contributed by atoms with E-state index in [9.17, 15) is 4.79 Å². The summed E-state index contributed by atoms with van der Waals surface area (Å²) in [5, 5.41) is 4.44. The monoisotopic (exact) mass is 366 g/mol. The van der Waals surface area contributed by atoms with Gasteiger partial charge in [-0.2, -0.15) is 0 Å². The summed E-state index contributed by atoms with van der Waals surface area (Å²) in [5.41, 5.74) is 2.88. The van der Waals surface area contributed by atoms with Crippen LogP contribution in [0.3, 0.4) is 0 Å². The van der Waals surface area contributed by atoms with Crippen LogP contribution in [0.25, 0.3) is 22.2 Å². The van der Waals surface area contributed by atoms with Crippen molar-refractivity contribution in [1.82, 2.24) is 10.3 Å². The molecule has 5 heteroatoms. The van der Waals surface area contributed by atoms with Crippen molar-refractivity contribution in [2.45, 2.75) is 18.9 Å². The molecule has 1 saturated heterocycles. The molecule has 132 valence electrons. The molecule has 1 aliphatic rings. The minimum absolute atomic E-state index is 0.107. The quantitative estimate of drug-likeness (QED) is 0.741. The first kappa shape index (κ1) is 17.0. The van der Waals surface area contributed by atoms with Gasteiger partial charge in [0.25, 0.3) is 5.91 Å². The lowest BCUT2D eigenvalue weighted by Crippen LogP contribution is -2.31. The molecule has 4 nitrogen and oxygen atoms in total. The van der Waals surface area contributed by atoms with Gasteiger partial charge in [0.2, 0.25) is 0 Å². The fraction of sp³-hybridized carbons (Fsp3) is 0.238. The Labute approximate surface area is 157 Å². The van der Waals surface area contributed by atoms with Gasteiger partial charge in [0.1, 0.15) is 0 Å². The first-order valence-electron chi connectivity index (χ1n) is 8.77. The van der Waals surface area contributed by atoms with Crippen molar-refractivity contribution in [3.05, 3.63) is 65.2 Å². The van der Waals surface area contributed by atoms with Crippen LogP contribution in [0, 0.1) is 0 Å². The van der Waals surface area contributed by atoms with Gasteiger partial charge in [0, 0.05) is 29.1 Å². The molecule has 1 amide bonds. The number of hydrogen-bond donors (Lipinski definition) is 1. The Balaban J connectivity index is 1.72. The standard InChI is InChI=1S/C21H19ClN2O2/c22-18-9-3-1-8-16(18)20-12-17(15-7-2-4-10-19(15)24-20)21(25)23-13-14-6-5-11-26-14/h1-4,7-10,12,14H,5-6,11,13H2,(H,23,25)/t14-/m0/s1. The molecule has 1 aromatic heterocycles. The average molecular weight is 367 g/mol. The fourth-order valence-electron chi connectivity index (χ4n) is 3.28. The number of ether oxygens (including phenoxy) is 1. The van der Waals surface area contributed by atoms with Crippen LogP contribution in [0.1, 0.15) is 23.2 Å². The van der Waals surface area contributed by atoms with Gasteiger partial charge in [-0.25, -0.2) is 4.98 Å². The lowest BCUT2D eigenvalue weighted by molar-refractivity contribution is 0.0859. The van der Waals surface area contributed by atoms with Crippen LogP contribution in [0.2, 0.25) is 5.02 Å². The highest BCUT2D eigenvalue weighted by Crippen LogP contribution is 2.29. The van der Waals surface area contributed by atoms with Crippen molar-refractivity contribution in [3.63, 3.8) is 0 Å². The Morgan fingerprint density at radius 1 is 1.19 bits per heavy atom. The van der Waals surface area contributed by atoms with E-state index in [0.717, 1.165) is 35.9 Å². The first-order chi connectivity index (χ1) is 12.7. The second-order valence-corrected chi connectivity index (χ2v) is 6.80. The summed E-state index contributed by atoms with van der Waals surface area (Å²) in [6.07, 6.45) is 2.15. The van der Waals surface area contributed by atoms with Gasteiger partial charge in [-0.1, -0.05) is 48.0 Å². The molecule has 1 atom stereocenters. The molecule has 1 fully saturated rings. The Morgan fingerprint density at radius 3 is 2.81 bits per heavy atom. The molecule has 1 aliphatic heterocycles. The van der Waals surface area contributed by atoms with E-state index < -0.39 is 0 Å². The van der Waals surface area contributed by atoms with Crippen molar-refractivity contribution in [3.8, 4) is 11.3 Å². The zero-order chi connectivity index (χ0) is 17.9. The number of aromatic nitrogens is 1. The highest BCUT2D eigenvalue weighted by Gasteiger charge is 2.19. The summed E-state index contributed by atoms with van der Waals surface area (Å²) in [5.74, 6) is -0.118. The molecule has 0 bridgehead atoms. The van der Waals surface area contributed by atoms with Crippen LogP contribution in [0.4, 0.5) is 0 Å². The van der Waals surface area contributed by atoms with E-state index in [1.54, 1.807) is 0 Å². The summed E-state index contributed by atoms with van der Waals surface area (Å²) >= 11 is 6.33. The molecule has 2 heterocycles. The van der Waals surface area contributed by atoms with E-state index in [1.165, 1.54) is 0 Å². The van der Waals surface area contributed by atoms with Crippen LogP contribution in [-0.2, 0) is 4.74 Å². The van der Waals surface area contributed by atoms with E-state index in [1.807, 2.05) is 54.6 Å². The highest BCUT2D eigenvalue weighted by molar-refractivity contribution is 6.33. The molecular formula is C21H19ClN2O2. The Bertz CT molecular complexity index is 952. The number of para-hydroxylation sites is 1. The number of pyridine rings is 1. The predicted octanol–water partition coefficient (Wildman–Crippen LogP) is 4.46. The molecule has 2 aromatic carbocycles. The average Bonchev–Trinajstić information content (AvgIpc) is 3.19. The minimum atomic E-state index is -0.118. The molecule has 0 unspecified atom stereocenters. The van der Waals surface area contributed by atoms with Crippen molar-refractivity contribution >= 4 is 28.4 Å². The summed E-state index contributed by atoms with van der Waals surface area (Å²) < 4.78 is 5.59. The first-order valence-corrected chi connectivity index (χ1v) is 9.14. The number of benzene rings is 2. The second kappa shape index (κ2) is 7.44. The van der Waals surface area contributed by atoms with Gasteiger partial charge in [-0.15, -0.1) is 0 Å². The van der Waals surface area contributed by atoms with Crippen LogP contribution >= 0.6 is 11.6 Å². The number of carbonyl (C=O) groups excluding carboxylic acids is 1. The summed E-state index contributed by atoms with van der Waals surface area (Å²) in [6, 6.07) is 17.0. The maximum absolute atomic E-state index is 12.9. The van der Waals surface area contributed by atoms with Gasteiger partial charge in [-0.05, 0) is 31.0 Å². The SMILES string of the molecule is O=C(NC[C@@H]1CCCO1)c1cc(-c2ccccc2Cl)nc2ccccc12. The van der Waals surface area contributed by atoms with Gasteiger partial charge >= 0.3 is 0 Å². The number of amides is 1. The van der Waals surface area contributed by atoms with Crippen molar-refractivity contribution < 1.29 is 9.53 Å². The summed E-state index contributed by atoms with van der Waals surface area (Å²) in [4.78, 5) is 17.6. The molecule has 0 radical (unpaired) electrons. The number of nitrogens with zero attached hydrogens (tertiary/aromatic N) is 1. The summed E-state index contributed by atoms with van der Waals surface area (Å²) in [7, 11) is 0. The van der Waals surface area contributed by atoms with Crippen LogP contribution in [-0.4, -0.2) is 30.1 Å². The largest absolute Gasteiger partial charge is 0.376 e. The normalized spacial score (nSPS) is 16.7. The van der Waals surface area contributed by atoms with Gasteiger partial charge in [0.05, 0.1) is 22.9 Å². The van der Waals surface area contributed by atoms with E-state index in [2.05, 4.69) is 5.32 Å². The van der Waals surface area contributed by atoms with E-state index in [4.69, 9.17) is 21.3 Å². The van der Waals surface area contributed by atoms with Gasteiger partial charge in [-0.3, -0.25) is 4.79 Å². The van der Waals surface area contributed by atoms with Crippen LogP contribution in [0.15, 0.2) is 54.6 Å². The zero-order valence-electron chi connectivity index (χ0n) is 14.2. The third kappa shape index (κ3) is 3.43. The molecule has 1 N–H and O–H groups in total. The maximum atomic E-state index is 12.9. The minimum Gasteiger partial charge on any atom is -0.376 e. The van der Waals surface area contributed by atoms with Crippen molar-refractivity contribution in [2.75, 3.05) is 13.2 Å². The Hall–Kier alpha value is -2.43.